The molecule has 0 amide bonds. The highest BCUT2D eigenvalue weighted by molar-refractivity contribution is 7.80. The van der Waals surface area contributed by atoms with Gasteiger partial charge in [-0.15, -0.1) is 0 Å². The van der Waals surface area contributed by atoms with E-state index in [1.807, 2.05) is 11.8 Å². The molecule has 0 fully saturated rings. The second-order valence-electron chi connectivity index (χ2n) is 5.16. The smallest absolute Gasteiger partial charge is 0.337 e. The highest BCUT2D eigenvalue weighted by Crippen LogP contribution is 2.36. The molecular formula is C16H18ClFN2O2S. The molecule has 7 heteroatoms. The number of rotatable bonds is 4. The Balaban J connectivity index is 2.62. The van der Waals surface area contributed by atoms with Crippen LogP contribution in [0.1, 0.15) is 31.9 Å². The van der Waals surface area contributed by atoms with Crippen LogP contribution in [0.2, 0.25) is 5.02 Å². The van der Waals surface area contributed by atoms with Crippen molar-refractivity contribution in [1.29, 1.82) is 0 Å². The fourth-order valence-corrected chi connectivity index (χ4v) is 3.27. The fourth-order valence-electron chi connectivity index (χ4n) is 2.65. The lowest BCUT2D eigenvalue weighted by Crippen LogP contribution is -2.48. The van der Waals surface area contributed by atoms with Gasteiger partial charge in [-0.25, -0.2) is 9.18 Å². The van der Waals surface area contributed by atoms with E-state index < -0.39 is 17.8 Å². The summed E-state index contributed by atoms with van der Waals surface area (Å²) in [6, 6.07) is 3.61. The Morgan fingerprint density at radius 2 is 2.22 bits per heavy atom. The molecule has 0 aromatic heterocycles. The lowest BCUT2D eigenvalue weighted by Gasteiger charge is -2.37. The third kappa shape index (κ3) is 3.33. The van der Waals surface area contributed by atoms with Crippen LogP contribution in [0.3, 0.4) is 0 Å². The van der Waals surface area contributed by atoms with Crippen molar-refractivity contribution in [2.75, 3.05) is 13.7 Å². The van der Waals surface area contributed by atoms with Gasteiger partial charge in [-0.1, -0.05) is 24.6 Å². The average Bonchev–Trinajstić information content (AvgIpc) is 2.50. The molecular weight excluding hydrogens is 339 g/mol. The number of carbonyl (C=O) groups is 1. The number of thiocarbonyl (C=S) groups is 1. The first kappa shape index (κ1) is 17.7. The van der Waals surface area contributed by atoms with Gasteiger partial charge in [-0.3, -0.25) is 0 Å². The standard InChI is InChI=1S/C16H18ClFN2O2S/c1-4-8-20-9(2)12(15(21)22-3)14(19-16(20)23)13-10(17)6-5-7-11(13)18/h5-7,14H,4,8H2,1-3H3,(H,19,23). The lowest BCUT2D eigenvalue weighted by atomic mass is 9.94. The van der Waals surface area contributed by atoms with Crippen molar-refractivity contribution in [3.63, 3.8) is 0 Å². The largest absolute Gasteiger partial charge is 0.466 e. The normalized spacial score (nSPS) is 18.0. The van der Waals surface area contributed by atoms with Crippen LogP contribution in [0.25, 0.3) is 0 Å². The van der Waals surface area contributed by atoms with Gasteiger partial charge in [0, 0.05) is 22.8 Å². The number of nitrogens with one attached hydrogen (secondary N) is 1. The summed E-state index contributed by atoms with van der Waals surface area (Å²) < 4.78 is 19.2. The highest BCUT2D eigenvalue weighted by Gasteiger charge is 2.36. The number of nitrogens with zero attached hydrogens (tertiary/aromatic N) is 1. The number of allylic oxidation sites excluding steroid dienone is 1. The van der Waals surface area contributed by atoms with Crippen LogP contribution < -0.4 is 5.32 Å². The molecule has 1 heterocycles. The molecule has 0 saturated heterocycles. The molecule has 1 atom stereocenters. The van der Waals surface area contributed by atoms with Crippen molar-refractivity contribution < 1.29 is 13.9 Å². The number of benzene rings is 1. The first-order valence-electron chi connectivity index (χ1n) is 7.23. The molecule has 0 radical (unpaired) electrons. The Hall–Kier alpha value is -1.66. The van der Waals surface area contributed by atoms with Gasteiger partial charge in [0.1, 0.15) is 5.82 Å². The Kier molecular flexibility index (Phi) is 5.59. The summed E-state index contributed by atoms with van der Waals surface area (Å²) >= 11 is 11.5. The molecule has 1 aromatic carbocycles. The third-order valence-corrected chi connectivity index (χ3v) is 4.41. The van der Waals surface area contributed by atoms with Crippen LogP contribution >= 0.6 is 23.8 Å². The second kappa shape index (κ2) is 7.27. The third-order valence-electron chi connectivity index (χ3n) is 3.74. The van der Waals surface area contributed by atoms with Gasteiger partial charge in [0.15, 0.2) is 5.11 Å². The minimum Gasteiger partial charge on any atom is -0.466 e. The Labute approximate surface area is 145 Å². The molecule has 1 aliphatic rings. The number of halogens is 2. The molecule has 0 bridgehead atoms. The summed E-state index contributed by atoms with van der Waals surface area (Å²) in [5.41, 5.74) is 1.14. The van der Waals surface area contributed by atoms with Crippen LogP contribution in [0.15, 0.2) is 29.5 Å². The Bertz CT molecular complexity index is 658. The van der Waals surface area contributed by atoms with Crippen LogP contribution in [0, 0.1) is 5.82 Å². The monoisotopic (exact) mass is 356 g/mol. The fraction of sp³-hybridized carbons (Fsp3) is 0.375. The molecule has 1 unspecified atom stereocenters. The van der Waals surface area contributed by atoms with Gasteiger partial charge in [-0.2, -0.15) is 0 Å². The predicted octanol–water partition coefficient (Wildman–Crippen LogP) is 3.57. The first-order valence-corrected chi connectivity index (χ1v) is 8.02. The van der Waals surface area contributed by atoms with Crippen LogP contribution in [0.5, 0.6) is 0 Å². The average molecular weight is 357 g/mol. The van der Waals surface area contributed by atoms with Crippen molar-refractivity contribution in [2.45, 2.75) is 26.3 Å². The summed E-state index contributed by atoms with van der Waals surface area (Å²) in [7, 11) is 1.29. The molecule has 1 N–H and O–H groups in total. The maximum atomic E-state index is 14.3. The summed E-state index contributed by atoms with van der Waals surface area (Å²) in [6.45, 7) is 4.43. The number of ether oxygens (including phenoxy) is 1. The number of carbonyl (C=O) groups excluding carboxylic acids is 1. The van der Waals surface area contributed by atoms with Crippen LogP contribution in [0.4, 0.5) is 4.39 Å². The van der Waals surface area contributed by atoms with E-state index in [2.05, 4.69) is 5.32 Å². The predicted molar refractivity (Wildman–Crippen MR) is 91.6 cm³/mol. The molecule has 4 nitrogen and oxygen atoms in total. The lowest BCUT2D eigenvalue weighted by molar-refractivity contribution is -0.136. The van der Waals surface area contributed by atoms with E-state index in [9.17, 15) is 9.18 Å². The van der Waals surface area contributed by atoms with Crippen molar-refractivity contribution >= 4 is 34.9 Å². The van der Waals surface area contributed by atoms with Crippen LogP contribution in [-0.2, 0) is 9.53 Å². The minimum absolute atomic E-state index is 0.187. The van der Waals surface area contributed by atoms with E-state index in [0.717, 1.165) is 6.42 Å². The second-order valence-corrected chi connectivity index (χ2v) is 5.95. The zero-order valence-electron chi connectivity index (χ0n) is 13.2. The Morgan fingerprint density at radius 1 is 1.52 bits per heavy atom. The highest BCUT2D eigenvalue weighted by atomic mass is 35.5. The maximum absolute atomic E-state index is 14.3. The molecule has 124 valence electrons. The topological polar surface area (TPSA) is 41.6 Å². The molecule has 0 saturated carbocycles. The van der Waals surface area contributed by atoms with Crippen molar-refractivity contribution in [3.05, 3.63) is 45.9 Å². The summed E-state index contributed by atoms with van der Waals surface area (Å²) in [4.78, 5) is 14.1. The Morgan fingerprint density at radius 3 is 2.78 bits per heavy atom. The zero-order valence-corrected chi connectivity index (χ0v) is 14.7. The summed E-state index contributed by atoms with van der Waals surface area (Å²) in [5, 5.41) is 3.68. The van der Waals surface area contributed by atoms with E-state index in [4.69, 9.17) is 28.6 Å². The SMILES string of the molecule is CCCN1C(=S)NC(c2c(F)cccc2Cl)C(C(=O)OC)=C1C. The zero-order chi connectivity index (χ0) is 17.1. The number of methoxy groups -OCH3 is 1. The molecule has 23 heavy (non-hydrogen) atoms. The first-order chi connectivity index (χ1) is 10.9. The van der Waals surface area contributed by atoms with Gasteiger partial charge in [0.25, 0.3) is 0 Å². The van der Waals surface area contributed by atoms with Crippen molar-refractivity contribution in [1.82, 2.24) is 10.2 Å². The van der Waals surface area contributed by atoms with Gasteiger partial charge in [0.05, 0.1) is 18.7 Å². The quantitative estimate of drug-likeness (QED) is 0.660. The molecule has 1 aromatic rings. The van der Waals surface area contributed by atoms with Crippen molar-refractivity contribution in [2.24, 2.45) is 0 Å². The van der Waals surface area contributed by atoms with E-state index in [1.165, 1.54) is 19.2 Å². The minimum atomic E-state index is -0.781. The number of hydrogen-bond acceptors (Lipinski definition) is 3. The van der Waals surface area contributed by atoms with Crippen molar-refractivity contribution in [3.8, 4) is 0 Å². The summed E-state index contributed by atoms with van der Waals surface area (Å²) in [6.07, 6.45) is 0.846. The van der Waals surface area contributed by atoms with Gasteiger partial charge < -0.3 is 15.0 Å². The molecule has 1 aliphatic heterocycles. The van der Waals surface area contributed by atoms with E-state index in [1.54, 1.807) is 13.0 Å². The maximum Gasteiger partial charge on any atom is 0.337 e. The molecule has 0 aliphatic carbocycles. The van der Waals surface area contributed by atoms with E-state index in [-0.39, 0.29) is 10.6 Å². The molecule has 2 rings (SSSR count). The van der Waals surface area contributed by atoms with E-state index in [0.29, 0.717) is 22.9 Å². The van der Waals surface area contributed by atoms with E-state index >= 15 is 0 Å². The van der Waals surface area contributed by atoms with Crippen LogP contribution in [-0.4, -0.2) is 29.6 Å². The van der Waals surface area contributed by atoms with Gasteiger partial charge in [-0.05, 0) is 37.7 Å². The number of hydrogen-bond donors (Lipinski definition) is 1. The van der Waals surface area contributed by atoms with Gasteiger partial charge in [0.2, 0.25) is 0 Å². The number of esters is 1. The summed E-state index contributed by atoms with van der Waals surface area (Å²) in [5.74, 6) is -1.04. The van der Waals surface area contributed by atoms with Gasteiger partial charge >= 0.3 is 5.97 Å². The molecule has 0 spiro atoms.